The molecular formula is C30H29N9O2. The molecular weight excluding hydrogens is 518 g/mol. The number of benzene rings is 2. The third-order valence-electron chi connectivity index (χ3n) is 6.05. The molecule has 1 amide bonds. The van der Waals surface area contributed by atoms with Crippen molar-refractivity contribution in [3.05, 3.63) is 83.8 Å². The van der Waals surface area contributed by atoms with Gasteiger partial charge in [-0.3, -0.25) is 0 Å². The molecule has 0 bridgehead atoms. The number of nitrogens with one attached hydrogen (secondary N) is 1. The maximum atomic E-state index is 11.8. The van der Waals surface area contributed by atoms with E-state index in [1.54, 1.807) is 23.0 Å². The molecule has 3 heterocycles. The van der Waals surface area contributed by atoms with E-state index in [-0.39, 0.29) is 0 Å². The molecule has 41 heavy (non-hydrogen) atoms. The summed E-state index contributed by atoms with van der Waals surface area (Å²) in [6.07, 6.45) is 6.33. The molecule has 0 spiro atoms. The van der Waals surface area contributed by atoms with Gasteiger partial charge in [-0.15, -0.1) is 5.10 Å². The van der Waals surface area contributed by atoms with Crippen LogP contribution in [0, 0.1) is 11.3 Å². The predicted molar refractivity (Wildman–Crippen MR) is 152 cm³/mol. The monoisotopic (exact) mass is 547 g/mol. The van der Waals surface area contributed by atoms with Crippen LogP contribution in [0.3, 0.4) is 0 Å². The Bertz CT molecular complexity index is 1720. The average molecular weight is 548 g/mol. The number of ether oxygens (including phenoxy) is 1. The van der Waals surface area contributed by atoms with Gasteiger partial charge in [-0.2, -0.15) is 5.26 Å². The second-order valence-corrected chi connectivity index (χ2v) is 10.5. The molecule has 0 aliphatic rings. The summed E-state index contributed by atoms with van der Waals surface area (Å²) >= 11 is 0. The van der Waals surface area contributed by atoms with Gasteiger partial charge in [-0.05, 0) is 62.9 Å². The Labute approximate surface area is 237 Å². The first kappa shape index (κ1) is 27.3. The number of amides is 1. The Hall–Kier alpha value is -5.24. The SMILES string of the molecule is CC(C)(C)OC(=O)NCCCc1cnc(-c2cccc(Cn3nnc4ncc(-c5cccc(C#N)c5)nc43)c2)nc1. The molecule has 5 aromatic rings. The number of hydrogen-bond donors (Lipinski definition) is 1. The lowest BCUT2D eigenvalue weighted by Gasteiger charge is -2.19. The normalized spacial score (nSPS) is 11.3. The van der Waals surface area contributed by atoms with Crippen molar-refractivity contribution in [1.82, 2.24) is 40.2 Å². The minimum atomic E-state index is -0.516. The van der Waals surface area contributed by atoms with Crippen molar-refractivity contribution >= 4 is 17.4 Å². The van der Waals surface area contributed by atoms with Gasteiger partial charge in [0.1, 0.15) is 5.60 Å². The van der Waals surface area contributed by atoms with E-state index in [4.69, 9.17) is 9.72 Å². The second-order valence-electron chi connectivity index (χ2n) is 10.5. The van der Waals surface area contributed by atoms with Crippen molar-refractivity contribution in [1.29, 1.82) is 5.26 Å². The van der Waals surface area contributed by atoms with Gasteiger partial charge >= 0.3 is 6.09 Å². The number of nitrogens with zero attached hydrogens (tertiary/aromatic N) is 8. The maximum Gasteiger partial charge on any atom is 0.407 e. The summed E-state index contributed by atoms with van der Waals surface area (Å²) < 4.78 is 6.95. The Morgan fingerprint density at radius 1 is 1.00 bits per heavy atom. The number of fused-ring (bicyclic) bond motifs is 1. The van der Waals surface area contributed by atoms with Gasteiger partial charge in [-0.25, -0.2) is 29.4 Å². The molecule has 0 unspecified atom stereocenters. The first-order valence-corrected chi connectivity index (χ1v) is 13.2. The minimum absolute atomic E-state index is 0.416. The van der Waals surface area contributed by atoms with E-state index in [1.165, 1.54) is 0 Å². The van der Waals surface area contributed by atoms with E-state index in [0.29, 0.717) is 41.5 Å². The Morgan fingerprint density at radius 2 is 1.78 bits per heavy atom. The van der Waals surface area contributed by atoms with Crippen LogP contribution in [-0.2, 0) is 17.7 Å². The maximum absolute atomic E-state index is 11.8. The summed E-state index contributed by atoms with van der Waals surface area (Å²) in [6, 6.07) is 17.3. The van der Waals surface area contributed by atoms with E-state index in [9.17, 15) is 10.1 Å². The number of hydrogen-bond acceptors (Lipinski definition) is 9. The van der Waals surface area contributed by atoms with Crippen LogP contribution >= 0.6 is 0 Å². The largest absolute Gasteiger partial charge is 0.444 e. The Morgan fingerprint density at radius 3 is 2.56 bits per heavy atom. The predicted octanol–water partition coefficient (Wildman–Crippen LogP) is 4.72. The number of alkyl carbamates (subject to hydrolysis) is 1. The Balaban J connectivity index is 1.24. The third kappa shape index (κ3) is 7.05. The van der Waals surface area contributed by atoms with E-state index in [1.807, 2.05) is 69.6 Å². The molecule has 0 atom stereocenters. The summed E-state index contributed by atoms with van der Waals surface area (Å²) in [6.45, 7) is 6.45. The lowest BCUT2D eigenvalue weighted by atomic mass is 10.1. The highest BCUT2D eigenvalue weighted by atomic mass is 16.6. The molecule has 0 aliphatic heterocycles. The quantitative estimate of drug-likeness (QED) is 0.273. The van der Waals surface area contributed by atoms with Gasteiger partial charge in [-0.1, -0.05) is 35.5 Å². The molecule has 0 aliphatic carbocycles. The van der Waals surface area contributed by atoms with Gasteiger partial charge in [0.25, 0.3) is 0 Å². The standard InChI is InChI=1S/C30H29N9O2/c1-30(2,3)41-29(40)32-12-6-9-22-16-33-26(34-17-22)24-11-5-8-21(14-24)19-39-28-27(37-38-39)35-18-25(36-28)23-10-4-7-20(13-23)15-31/h4-5,7-8,10-11,13-14,16-18H,6,9,12,19H2,1-3H3,(H,32,40). The van der Waals surface area contributed by atoms with E-state index >= 15 is 0 Å². The van der Waals surface area contributed by atoms with Gasteiger partial charge in [0, 0.05) is 30.1 Å². The van der Waals surface area contributed by atoms with Crippen LogP contribution in [0.25, 0.3) is 33.9 Å². The summed E-state index contributed by atoms with van der Waals surface area (Å²) in [4.78, 5) is 30.0. The fraction of sp³-hybridized carbons (Fsp3) is 0.267. The average Bonchev–Trinajstić information content (AvgIpc) is 3.36. The first-order chi connectivity index (χ1) is 19.8. The Kier molecular flexibility index (Phi) is 7.92. The molecule has 0 fully saturated rings. The molecule has 206 valence electrons. The molecule has 1 N–H and O–H groups in total. The molecule has 0 saturated heterocycles. The van der Waals surface area contributed by atoms with Crippen molar-refractivity contribution in [3.63, 3.8) is 0 Å². The highest BCUT2D eigenvalue weighted by Crippen LogP contribution is 2.21. The highest BCUT2D eigenvalue weighted by molar-refractivity contribution is 5.71. The van der Waals surface area contributed by atoms with Crippen LogP contribution in [0.4, 0.5) is 4.79 Å². The zero-order valence-corrected chi connectivity index (χ0v) is 23.1. The number of carbonyl (C=O) groups excluding carboxylic acids is 1. The van der Waals surface area contributed by atoms with Crippen molar-refractivity contribution in [2.45, 2.75) is 45.8 Å². The number of carbonyl (C=O) groups is 1. The number of aromatic nitrogens is 7. The molecule has 2 aromatic carbocycles. The molecule has 0 saturated carbocycles. The minimum Gasteiger partial charge on any atom is -0.444 e. The smallest absolute Gasteiger partial charge is 0.407 e. The molecule has 3 aromatic heterocycles. The number of aryl methyl sites for hydroxylation is 1. The van der Waals surface area contributed by atoms with Crippen molar-refractivity contribution in [2.24, 2.45) is 0 Å². The zero-order valence-electron chi connectivity index (χ0n) is 23.1. The van der Waals surface area contributed by atoms with Crippen LogP contribution in [0.5, 0.6) is 0 Å². The van der Waals surface area contributed by atoms with Gasteiger partial charge in [0.2, 0.25) is 5.65 Å². The third-order valence-corrected chi connectivity index (χ3v) is 6.05. The fourth-order valence-corrected chi connectivity index (χ4v) is 4.16. The second kappa shape index (κ2) is 11.9. The molecule has 0 radical (unpaired) electrons. The number of nitriles is 1. The van der Waals surface area contributed by atoms with Crippen molar-refractivity contribution in [2.75, 3.05) is 6.54 Å². The lowest BCUT2D eigenvalue weighted by Crippen LogP contribution is -2.33. The summed E-state index contributed by atoms with van der Waals surface area (Å²) in [5.41, 5.74) is 5.32. The summed E-state index contributed by atoms with van der Waals surface area (Å²) in [5, 5.41) is 20.4. The van der Waals surface area contributed by atoms with E-state index in [2.05, 4.69) is 36.7 Å². The molecule has 11 nitrogen and oxygen atoms in total. The lowest BCUT2D eigenvalue weighted by molar-refractivity contribution is 0.0527. The van der Waals surface area contributed by atoms with Crippen molar-refractivity contribution in [3.8, 4) is 28.7 Å². The first-order valence-electron chi connectivity index (χ1n) is 13.2. The van der Waals surface area contributed by atoms with Gasteiger partial charge < -0.3 is 10.1 Å². The van der Waals surface area contributed by atoms with Crippen molar-refractivity contribution < 1.29 is 9.53 Å². The summed E-state index contributed by atoms with van der Waals surface area (Å²) in [7, 11) is 0. The van der Waals surface area contributed by atoms with Gasteiger partial charge in [0.05, 0.1) is 30.1 Å². The summed E-state index contributed by atoms with van der Waals surface area (Å²) in [5.74, 6) is 0.616. The van der Waals surface area contributed by atoms with Crippen LogP contribution in [0.1, 0.15) is 43.9 Å². The van der Waals surface area contributed by atoms with E-state index < -0.39 is 11.7 Å². The molecule has 11 heteroatoms. The van der Waals surface area contributed by atoms with Crippen LogP contribution in [0.15, 0.2) is 67.1 Å². The van der Waals surface area contributed by atoms with Crippen LogP contribution < -0.4 is 5.32 Å². The fourth-order valence-electron chi connectivity index (χ4n) is 4.16. The highest BCUT2D eigenvalue weighted by Gasteiger charge is 2.15. The topological polar surface area (TPSA) is 144 Å². The van der Waals surface area contributed by atoms with Crippen LogP contribution in [-0.4, -0.2) is 53.2 Å². The zero-order chi connectivity index (χ0) is 28.8. The number of rotatable bonds is 8. The molecule has 5 rings (SSSR count). The van der Waals surface area contributed by atoms with Gasteiger partial charge in [0.15, 0.2) is 11.5 Å². The van der Waals surface area contributed by atoms with Crippen LogP contribution in [0.2, 0.25) is 0 Å². The van der Waals surface area contributed by atoms with E-state index in [0.717, 1.165) is 35.1 Å².